The molecule has 3 aromatic rings. The lowest BCUT2D eigenvalue weighted by molar-refractivity contribution is -0.146. The Balaban J connectivity index is 0.000000446. The lowest BCUT2D eigenvalue weighted by atomic mass is 10.1. The van der Waals surface area contributed by atoms with Gasteiger partial charge in [-0.2, -0.15) is 0 Å². The number of hydrogen-bond acceptors (Lipinski definition) is 8. The van der Waals surface area contributed by atoms with Crippen LogP contribution in [-0.4, -0.2) is 48.8 Å². The van der Waals surface area contributed by atoms with Crippen molar-refractivity contribution in [1.29, 1.82) is 0 Å². The van der Waals surface area contributed by atoms with Crippen LogP contribution in [0.4, 0.5) is 4.39 Å². The molecule has 10 heteroatoms. The standard InChI is InChI=1S/C21H24N2O5S.C8H9FO/c1-13-5-7-16(8-6-13)11-14(2)27-18(25)12-23-21(29)19-20(28-15(3)24)17(26-4)9-10-22-19;1-6-3-4-7(9)5-8(6)10-2/h5-10,14H,11-12H2,1-4H3,(H,23,29);3-5H,1-2H3. The summed E-state index contributed by atoms with van der Waals surface area (Å²) in [6.07, 6.45) is 1.80. The predicted octanol–water partition coefficient (Wildman–Crippen LogP) is 4.91. The van der Waals surface area contributed by atoms with Gasteiger partial charge >= 0.3 is 11.9 Å². The first-order valence-corrected chi connectivity index (χ1v) is 12.5. The maximum atomic E-state index is 12.5. The second-order valence-corrected chi connectivity index (χ2v) is 8.98. The number of hydrogen-bond donors (Lipinski definition) is 1. The summed E-state index contributed by atoms with van der Waals surface area (Å²) in [5.74, 6) is -0.249. The average Bonchev–Trinajstić information content (AvgIpc) is 2.90. The van der Waals surface area contributed by atoms with Gasteiger partial charge in [0.1, 0.15) is 34.9 Å². The highest BCUT2D eigenvalue weighted by molar-refractivity contribution is 7.80. The Morgan fingerprint density at radius 1 is 1.03 bits per heavy atom. The molecule has 0 saturated carbocycles. The maximum absolute atomic E-state index is 12.5. The number of thiocarbonyl (C=S) groups is 1. The zero-order valence-corrected chi connectivity index (χ0v) is 23.7. The van der Waals surface area contributed by atoms with Gasteiger partial charge in [0.2, 0.25) is 5.75 Å². The zero-order chi connectivity index (χ0) is 28.9. The number of nitrogens with zero attached hydrogens (tertiary/aromatic N) is 1. The molecule has 1 N–H and O–H groups in total. The van der Waals surface area contributed by atoms with Gasteiger partial charge in [0.05, 0.1) is 14.2 Å². The molecule has 3 rings (SSSR count). The van der Waals surface area contributed by atoms with Gasteiger partial charge in [-0.25, -0.2) is 9.37 Å². The Morgan fingerprint density at radius 2 is 1.69 bits per heavy atom. The fourth-order valence-electron chi connectivity index (χ4n) is 3.39. The number of aromatic nitrogens is 1. The van der Waals surface area contributed by atoms with Crippen LogP contribution in [0.1, 0.15) is 36.2 Å². The molecule has 0 spiro atoms. The molecule has 1 atom stereocenters. The molecule has 0 saturated heterocycles. The average molecular weight is 557 g/mol. The van der Waals surface area contributed by atoms with Crippen LogP contribution in [0, 0.1) is 19.7 Å². The molecule has 0 bridgehead atoms. The maximum Gasteiger partial charge on any atom is 0.325 e. The van der Waals surface area contributed by atoms with Crippen LogP contribution in [-0.2, 0) is 20.7 Å². The number of nitrogens with one attached hydrogen (secondary N) is 1. The number of ether oxygens (including phenoxy) is 4. The second-order valence-electron chi connectivity index (χ2n) is 8.57. The fraction of sp³-hybridized carbons (Fsp3) is 0.310. The van der Waals surface area contributed by atoms with E-state index in [1.54, 1.807) is 12.1 Å². The molecule has 1 aromatic heterocycles. The van der Waals surface area contributed by atoms with Crippen molar-refractivity contribution in [3.05, 3.63) is 82.9 Å². The summed E-state index contributed by atoms with van der Waals surface area (Å²) >= 11 is 5.29. The van der Waals surface area contributed by atoms with Gasteiger partial charge in [0, 0.05) is 31.7 Å². The third-order valence-electron chi connectivity index (χ3n) is 5.29. The predicted molar refractivity (Wildman–Crippen MR) is 150 cm³/mol. The number of carbonyl (C=O) groups is 2. The Morgan fingerprint density at radius 3 is 2.28 bits per heavy atom. The zero-order valence-electron chi connectivity index (χ0n) is 22.9. The van der Waals surface area contributed by atoms with Crippen molar-refractivity contribution in [3.63, 3.8) is 0 Å². The van der Waals surface area contributed by atoms with E-state index >= 15 is 0 Å². The molecule has 0 aliphatic rings. The van der Waals surface area contributed by atoms with Gasteiger partial charge in [-0.1, -0.05) is 48.1 Å². The molecule has 2 aromatic carbocycles. The van der Waals surface area contributed by atoms with E-state index in [4.69, 9.17) is 31.2 Å². The number of benzene rings is 2. The first kappa shape index (κ1) is 31.2. The molecule has 39 heavy (non-hydrogen) atoms. The van der Waals surface area contributed by atoms with Gasteiger partial charge < -0.3 is 24.3 Å². The lowest BCUT2D eigenvalue weighted by Gasteiger charge is -2.16. The number of esters is 2. The van der Waals surface area contributed by atoms with Gasteiger partial charge in [-0.05, 0) is 38.0 Å². The summed E-state index contributed by atoms with van der Waals surface area (Å²) in [7, 11) is 2.97. The Bertz CT molecular complexity index is 1280. The van der Waals surface area contributed by atoms with Crippen molar-refractivity contribution in [2.24, 2.45) is 0 Å². The van der Waals surface area contributed by atoms with E-state index in [1.165, 1.54) is 45.0 Å². The third-order valence-corrected chi connectivity index (χ3v) is 5.63. The van der Waals surface area contributed by atoms with Gasteiger partial charge in [0.25, 0.3) is 0 Å². The summed E-state index contributed by atoms with van der Waals surface area (Å²) < 4.78 is 33.1. The van der Waals surface area contributed by atoms with E-state index < -0.39 is 11.9 Å². The minimum atomic E-state index is -0.537. The molecular weight excluding hydrogens is 523 g/mol. The van der Waals surface area contributed by atoms with Crippen molar-refractivity contribution >= 4 is 29.1 Å². The molecule has 0 aliphatic heterocycles. The van der Waals surface area contributed by atoms with Crippen LogP contribution in [0.15, 0.2) is 54.7 Å². The van der Waals surface area contributed by atoms with Crippen molar-refractivity contribution in [1.82, 2.24) is 10.3 Å². The first-order valence-electron chi connectivity index (χ1n) is 12.1. The molecule has 1 unspecified atom stereocenters. The quantitative estimate of drug-likeness (QED) is 0.291. The Labute approximate surface area is 233 Å². The lowest BCUT2D eigenvalue weighted by Crippen LogP contribution is -2.32. The number of carbonyl (C=O) groups excluding carboxylic acids is 2. The number of pyridine rings is 1. The summed E-state index contributed by atoms with van der Waals surface area (Å²) in [6, 6.07) is 14.1. The smallest absolute Gasteiger partial charge is 0.325 e. The molecule has 0 radical (unpaired) electrons. The molecule has 0 amide bonds. The molecule has 8 nitrogen and oxygen atoms in total. The monoisotopic (exact) mass is 556 g/mol. The summed E-state index contributed by atoms with van der Waals surface area (Å²) in [5.41, 5.74) is 3.42. The number of halogens is 1. The molecule has 208 valence electrons. The van der Waals surface area contributed by atoms with Gasteiger partial charge in [-0.3, -0.25) is 9.59 Å². The van der Waals surface area contributed by atoms with E-state index in [-0.39, 0.29) is 34.9 Å². The minimum absolute atomic E-state index is 0.0982. The third kappa shape index (κ3) is 10.3. The summed E-state index contributed by atoms with van der Waals surface area (Å²) in [4.78, 5) is 27.8. The van der Waals surface area contributed by atoms with Crippen LogP contribution in [0.25, 0.3) is 0 Å². The molecule has 0 fully saturated rings. The van der Waals surface area contributed by atoms with Gasteiger partial charge in [0.15, 0.2) is 5.75 Å². The van der Waals surface area contributed by atoms with Crippen LogP contribution in [0.5, 0.6) is 17.2 Å². The second kappa shape index (κ2) is 15.4. The highest BCUT2D eigenvalue weighted by atomic mass is 32.1. The van der Waals surface area contributed by atoms with Crippen molar-refractivity contribution in [2.75, 3.05) is 20.8 Å². The molecular formula is C29H33FN2O6S. The van der Waals surface area contributed by atoms with E-state index in [1.807, 2.05) is 45.0 Å². The van der Waals surface area contributed by atoms with Crippen molar-refractivity contribution in [3.8, 4) is 17.2 Å². The van der Waals surface area contributed by atoms with E-state index in [2.05, 4.69) is 10.3 Å². The summed E-state index contributed by atoms with van der Waals surface area (Å²) in [6.45, 7) is 6.84. The van der Waals surface area contributed by atoms with Crippen LogP contribution in [0.3, 0.4) is 0 Å². The highest BCUT2D eigenvalue weighted by Gasteiger charge is 2.19. The highest BCUT2D eigenvalue weighted by Crippen LogP contribution is 2.29. The van der Waals surface area contributed by atoms with E-state index in [9.17, 15) is 14.0 Å². The van der Waals surface area contributed by atoms with Crippen LogP contribution in [0.2, 0.25) is 0 Å². The number of aryl methyl sites for hydroxylation is 2. The minimum Gasteiger partial charge on any atom is -0.496 e. The number of methoxy groups -OCH3 is 2. The van der Waals surface area contributed by atoms with Crippen LogP contribution >= 0.6 is 12.2 Å². The van der Waals surface area contributed by atoms with Crippen LogP contribution < -0.4 is 19.5 Å². The fourth-order valence-corrected chi connectivity index (χ4v) is 3.61. The van der Waals surface area contributed by atoms with Crippen molar-refractivity contribution < 1.29 is 32.9 Å². The summed E-state index contributed by atoms with van der Waals surface area (Å²) in [5, 5.41) is 2.79. The van der Waals surface area contributed by atoms with E-state index in [0.29, 0.717) is 17.9 Å². The largest absolute Gasteiger partial charge is 0.496 e. The Kier molecular flexibility index (Phi) is 12.3. The molecule has 1 heterocycles. The SMILES string of the molecule is COc1cc(F)ccc1C.COc1ccnc(C(=S)NCC(=O)OC(C)Cc2ccc(C)cc2)c1OC(C)=O. The normalized spacial score (nSPS) is 10.8. The Hall–Kier alpha value is -4.05. The van der Waals surface area contributed by atoms with Crippen molar-refractivity contribution in [2.45, 2.75) is 40.2 Å². The first-order chi connectivity index (χ1) is 18.5. The molecule has 0 aliphatic carbocycles. The van der Waals surface area contributed by atoms with Gasteiger partial charge in [-0.15, -0.1) is 0 Å². The van der Waals surface area contributed by atoms with E-state index in [0.717, 1.165) is 11.1 Å². The number of rotatable bonds is 9. The topological polar surface area (TPSA) is 96.0 Å².